The first-order chi connectivity index (χ1) is 13.5. The van der Waals surface area contributed by atoms with Crippen molar-refractivity contribution < 1.29 is 19.4 Å². The number of ether oxygens (including phenoxy) is 1. The summed E-state index contributed by atoms with van der Waals surface area (Å²) in [7, 11) is 0. The molecule has 6 nitrogen and oxygen atoms in total. The summed E-state index contributed by atoms with van der Waals surface area (Å²) in [6.07, 6.45) is 0.740. The van der Waals surface area contributed by atoms with E-state index in [4.69, 9.17) is 9.15 Å². The first-order valence-corrected chi connectivity index (χ1v) is 9.40. The Bertz CT molecular complexity index is 994. The van der Waals surface area contributed by atoms with Gasteiger partial charge in [-0.15, -0.1) is 0 Å². The lowest BCUT2D eigenvalue weighted by Crippen LogP contribution is -2.35. The third kappa shape index (κ3) is 4.35. The van der Waals surface area contributed by atoms with Gasteiger partial charge in [-0.05, 0) is 31.3 Å². The van der Waals surface area contributed by atoms with Crippen LogP contribution in [-0.4, -0.2) is 47.5 Å². The smallest absolute Gasteiger partial charge is 0.200 e. The molecule has 1 heterocycles. The number of benzene rings is 2. The van der Waals surface area contributed by atoms with E-state index >= 15 is 0 Å². The van der Waals surface area contributed by atoms with Crippen LogP contribution in [0.4, 0.5) is 0 Å². The molecule has 0 bridgehead atoms. The number of hydrogen-bond donors (Lipinski definition) is 2. The number of para-hydroxylation sites is 1. The van der Waals surface area contributed by atoms with Gasteiger partial charge in [-0.2, -0.15) is 0 Å². The van der Waals surface area contributed by atoms with Crippen molar-refractivity contribution >= 4 is 11.0 Å². The zero-order valence-corrected chi connectivity index (χ0v) is 16.1. The van der Waals surface area contributed by atoms with Crippen LogP contribution in [0.25, 0.3) is 22.1 Å². The average molecular weight is 383 g/mol. The van der Waals surface area contributed by atoms with Crippen LogP contribution < -0.4 is 10.2 Å². The second-order valence-electron chi connectivity index (χ2n) is 6.60. The van der Waals surface area contributed by atoms with Gasteiger partial charge in [0.05, 0.1) is 10.9 Å². The quantitative estimate of drug-likeness (QED) is 0.621. The molecule has 0 saturated carbocycles. The number of fused-ring (bicyclic) bond motifs is 1. The molecule has 0 radical (unpaired) electrons. The van der Waals surface area contributed by atoms with Crippen LogP contribution in [0.2, 0.25) is 0 Å². The maximum atomic E-state index is 12.8. The van der Waals surface area contributed by atoms with Crippen LogP contribution >= 0.6 is 0 Å². The fourth-order valence-electron chi connectivity index (χ4n) is 3.11. The Morgan fingerprint density at radius 1 is 1.11 bits per heavy atom. The predicted molar refractivity (Wildman–Crippen MR) is 109 cm³/mol. The minimum atomic E-state index is -0.606. The van der Waals surface area contributed by atoms with Gasteiger partial charge in [0.1, 0.15) is 36.1 Å². The van der Waals surface area contributed by atoms with Gasteiger partial charge in [0.2, 0.25) is 5.43 Å². The Kier molecular flexibility index (Phi) is 6.34. The molecule has 0 aliphatic carbocycles. The van der Waals surface area contributed by atoms with E-state index in [2.05, 4.69) is 4.90 Å². The highest BCUT2D eigenvalue weighted by Crippen LogP contribution is 2.28. The Balaban J connectivity index is 1.79. The van der Waals surface area contributed by atoms with Gasteiger partial charge in [-0.3, -0.25) is 4.79 Å². The van der Waals surface area contributed by atoms with Crippen molar-refractivity contribution in [1.82, 2.24) is 4.90 Å². The van der Waals surface area contributed by atoms with Crippen molar-refractivity contribution in [2.75, 3.05) is 26.2 Å². The molecule has 28 heavy (non-hydrogen) atoms. The van der Waals surface area contributed by atoms with E-state index in [-0.39, 0.29) is 17.8 Å². The monoisotopic (exact) mass is 383 g/mol. The summed E-state index contributed by atoms with van der Waals surface area (Å²) in [6.45, 7) is 6.53. The second kappa shape index (κ2) is 8.91. The maximum absolute atomic E-state index is 12.8. The molecule has 0 fully saturated rings. The number of rotatable bonds is 8. The van der Waals surface area contributed by atoms with E-state index in [1.54, 1.807) is 36.4 Å². The SMILES string of the molecule is CCN(CC)CC(O)COc1ccc2c(=O)c(-c3ccccc3O)coc2c1. The molecule has 148 valence electrons. The minimum absolute atomic E-state index is 0.0243. The summed E-state index contributed by atoms with van der Waals surface area (Å²) in [5.74, 6) is 0.542. The molecule has 1 aromatic heterocycles. The summed E-state index contributed by atoms with van der Waals surface area (Å²) in [5.41, 5.74) is 0.891. The van der Waals surface area contributed by atoms with Crippen molar-refractivity contribution in [2.24, 2.45) is 0 Å². The van der Waals surface area contributed by atoms with E-state index in [1.807, 2.05) is 13.8 Å². The minimum Gasteiger partial charge on any atom is -0.507 e. The molecular weight excluding hydrogens is 358 g/mol. The molecular formula is C22H25NO5. The normalized spacial score (nSPS) is 12.4. The van der Waals surface area contributed by atoms with Crippen molar-refractivity contribution in [3.63, 3.8) is 0 Å². The van der Waals surface area contributed by atoms with Gasteiger partial charge < -0.3 is 24.3 Å². The first kappa shape index (κ1) is 19.9. The molecule has 1 atom stereocenters. The molecule has 1 unspecified atom stereocenters. The third-order valence-corrected chi connectivity index (χ3v) is 4.75. The first-order valence-electron chi connectivity index (χ1n) is 9.40. The van der Waals surface area contributed by atoms with Crippen LogP contribution in [0.3, 0.4) is 0 Å². The molecule has 0 aliphatic rings. The molecule has 3 aromatic rings. The zero-order chi connectivity index (χ0) is 20.1. The van der Waals surface area contributed by atoms with E-state index in [1.165, 1.54) is 12.3 Å². The molecule has 0 saturated heterocycles. The number of hydrogen-bond acceptors (Lipinski definition) is 6. The second-order valence-corrected chi connectivity index (χ2v) is 6.60. The topological polar surface area (TPSA) is 83.1 Å². The molecule has 6 heteroatoms. The van der Waals surface area contributed by atoms with Crippen molar-refractivity contribution in [3.8, 4) is 22.6 Å². The Morgan fingerprint density at radius 3 is 2.57 bits per heavy atom. The number of aliphatic hydroxyl groups excluding tert-OH is 1. The van der Waals surface area contributed by atoms with Crippen LogP contribution in [0.15, 0.2) is 57.9 Å². The fraction of sp³-hybridized carbons (Fsp3) is 0.318. The molecule has 3 rings (SSSR count). The van der Waals surface area contributed by atoms with E-state index in [9.17, 15) is 15.0 Å². The Hall–Kier alpha value is -2.83. The average Bonchev–Trinajstić information content (AvgIpc) is 2.71. The number of phenols is 1. The van der Waals surface area contributed by atoms with Gasteiger partial charge in [-0.25, -0.2) is 0 Å². The molecule has 0 spiro atoms. The Labute approximate surface area is 163 Å². The summed E-state index contributed by atoms with van der Waals surface area (Å²) in [5, 5.41) is 20.5. The fourth-order valence-corrected chi connectivity index (χ4v) is 3.11. The number of likely N-dealkylation sites (N-methyl/N-ethyl adjacent to an activating group) is 1. The van der Waals surface area contributed by atoms with Crippen molar-refractivity contribution in [2.45, 2.75) is 20.0 Å². The highest BCUT2D eigenvalue weighted by Gasteiger charge is 2.14. The van der Waals surface area contributed by atoms with E-state index in [0.717, 1.165) is 13.1 Å². The number of aromatic hydroxyl groups is 1. The number of nitrogens with zero attached hydrogens (tertiary/aromatic N) is 1. The van der Waals surface area contributed by atoms with Crippen LogP contribution in [0.5, 0.6) is 11.5 Å². The highest BCUT2D eigenvalue weighted by atomic mass is 16.5. The maximum Gasteiger partial charge on any atom is 0.200 e. The summed E-state index contributed by atoms with van der Waals surface area (Å²) < 4.78 is 11.3. The lowest BCUT2D eigenvalue weighted by molar-refractivity contribution is 0.0716. The van der Waals surface area contributed by atoms with E-state index < -0.39 is 6.10 Å². The van der Waals surface area contributed by atoms with Gasteiger partial charge in [0, 0.05) is 18.2 Å². The molecule has 2 aromatic carbocycles. The Morgan fingerprint density at radius 2 is 1.86 bits per heavy atom. The largest absolute Gasteiger partial charge is 0.507 e. The summed E-state index contributed by atoms with van der Waals surface area (Å²) >= 11 is 0. The van der Waals surface area contributed by atoms with Crippen LogP contribution in [0, 0.1) is 0 Å². The summed E-state index contributed by atoms with van der Waals surface area (Å²) in [4.78, 5) is 14.9. The zero-order valence-electron chi connectivity index (χ0n) is 16.1. The summed E-state index contributed by atoms with van der Waals surface area (Å²) in [6, 6.07) is 11.6. The highest BCUT2D eigenvalue weighted by molar-refractivity contribution is 5.83. The number of phenolic OH excluding ortho intramolecular Hbond substituents is 1. The molecule has 0 aliphatic heterocycles. The standard InChI is InChI=1S/C22H25NO5/c1-3-23(4-2)12-15(24)13-27-16-9-10-18-21(11-16)28-14-19(22(18)26)17-7-5-6-8-20(17)25/h5-11,14-15,24-25H,3-4,12-13H2,1-2H3. The lowest BCUT2D eigenvalue weighted by Gasteiger charge is -2.21. The van der Waals surface area contributed by atoms with Gasteiger partial charge >= 0.3 is 0 Å². The lowest BCUT2D eigenvalue weighted by atomic mass is 10.0. The van der Waals surface area contributed by atoms with Gasteiger partial charge in [0.25, 0.3) is 0 Å². The van der Waals surface area contributed by atoms with Gasteiger partial charge in [0.15, 0.2) is 0 Å². The third-order valence-electron chi connectivity index (χ3n) is 4.75. The van der Waals surface area contributed by atoms with Crippen molar-refractivity contribution in [1.29, 1.82) is 0 Å². The number of aliphatic hydroxyl groups is 1. The van der Waals surface area contributed by atoms with Crippen LogP contribution in [-0.2, 0) is 0 Å². The molecule has 0 amide bonds. The van der Waals surface area contributed by atoms with Crippen LogP contribution in [0.1, 0.15) is 13.8 Å². The van der Waals surface area contributed by atoms with Crippen molar-refractivity contribution in [3.05, 3.63) is 59.0 Å². The van der Waals surface area contributed by atoms with E-state index in [0.29, 0.717) is 34.4 Å². The molecule has 2 N–H and O–H groups in total. The van der Waals surface area contributed by atoms with Gasteiger partial charge in [-0.1, -0.05) is 32.0 Å². The predicted octanol–water partition coefficient (Wildman–Crippen LogP) is 3.25.